The van der Waals surface area contributed by atoms with Gasteiger partial charge in [0.25, 0.3) is 0 Å². The summed E-state index contributed by atoms with van der Waals surface area (Å²) < 4.78 is 5.20. The lowest BCUT2D eigenvalue weighted by atomic mass is 9.98. The van der Waals surface area contributed by atoms with Crippen molar-refractivity contribution in [2.24, 2.45) is 0 Å². The van der Waals surface area contributed by atoms with E-state index in [0.29, 0.717) is 10.8 Å². The highest BCUT2D eigenvalue weighted by atomic mass is 35.5. The first-order chi connectivity index (χ1) is 9.17. The van der Waals surface area contributed by atoms with Crippen molar-refractivity contribution in [2.75, 3.05) is 13.7 Å². The minimum absolute atomic E-state index is 0.180. The average Bonchev–Trinajstić information content (AvgIpc) is 2.82. The fourth-order valence-electron chi connectivity index (χ4n) is 2.14. The normalized spacial score (nSPS) is 12.4. The van der Waals surface area contributed by atoms with Gasteiger partial charge in [-0.15, -0.1) is 0 Å². The van der Waals surface area contributed by atoms with E-state index in [1.807, 2.05) is 12.1 Å². The van der Waals surface area contributed by atoms with Crippen molar-refractivity contribution in [3.8, 4) is 5.75 Å². The van der Waals surface area contributed by atoms with Gasteiger partial charge in [-0.3, -0.25) is 0 Å². The number of halogens is 1. The van der Waals surface area contributed by atoms with Crippen LogP contribution in [0.5, 0.6) is 5.75 Å². The van der Waals surface area contributed by atoms with Gasteiger partial charge in [-0.2, -0.15) is 11.3 Å². The average molecular weight is 296 g/mol. The van der Waals surface area contributed by atoms with Crippen molar-refractivity contribution in [3.63, 3.8) is 0 Å². The molecule has 2 rings (SSSR count). The molecule has 1 unspecified atom stereocenters. The van der Waals surface area contributed by atoms with Crippen LogP contribution in [-0.4, -0.2) is 13.7 Å². The number of thiophene rings is 1. The second kappa shape index (κ2) is 6.42. The quantitative estimate of drug-likeness (QED) is 0.882. The molecule has 0 fully saturated rings. The fourth-order valence-corrected chi connectivity index (χ4v) is 3.28. The zero-order valence-electron chi connectivity index (χ0n) is 11.4. The van der Waals surface area contributed by atoms with E-state index < -0.39 is 0 Å². The van der Waals surface area contributed by atoms with E-state index in [1.165, 1.54) is 11.1 Å². The Morgan fingerprint density at radius 2 is 2.16 bits per heavy atom. The molecule has 0 aliphatic heterocycles. The van der Waals surface area contributed by atoms with E-state index in [0.717, 1.165) is 12.1 Å². The van der Waals surface area contributed by atoms with E-state index in [9.17, 15) is 0 Å². The molecular weight excluding hydrogens is 278 g/mol. The van der Waals surface area contributed by atoms with E-state index in [-0.39, 0.29) is 6.04 Å². The van der Waals surface area contributed by atoms with Gasteiger partial charge in [0.15, 0.2) is 0 Å². The highest BCUT2D eigenvalue weighted by molar-refractivity contribution is 7.08. The van der Waals surface area contributed by atoms with Crippen LogP contribution in [0, 0.1) is 6.92 Å². The van der Waals surface area contributed by atoms with Gasteiger partial charge in [0, 0.05) is 0 Å². The molecule has 1 N–H and O–H groups in total. The van der Waals surface area contributed by atoms with Gasteiger partial charge in [-0.05, 0) is 53.1 Å². The van der Waals surface area contributed by atoms with Crippen molar-refractivity contribution in [1.82, 2.24) is 5.32 Å². The molecule has 0 saturated carbocycles. The highest BCUT2D eigenvalue weighted by Crippen LogP contribution is 2.32. The molecular formula is C15H18ClNOS. The van der Waals surface area contributed by atoms with Crippen LogP contribution in [0.15, 0.2) is 29.0 Å². The van der Waals surface area contributed by atoms with Crippen molar-refractivity contribution in [1.29, 1.82) is 0 Å². The molecule has 4 heteroatoms. The molecule has 19 heavy (non-hydrogen) atoms. The van der Waals surface area contributed by atoms with Crippen LogP contribution >= 0.6 is 22.9 Å². The van der Waals surface area contributed by atoms with Gasteiger partial charge in [-0.25, -0.2) is 0 Å². The zero-order valence-corrected chi connectivity index (χ0v) is 12.9. The minimum Gasteiger partial charge on any atom is -0.495 e. The lowest BCUT2D eigenvalue weighted by Crippen LogP contribution is -2.22. The fraction of sp³-hybridized carbons (Fsp3) is 0.333. The van der Waals surface area contributed by atoms with Gasteiger partial charge >= 0.3 is 0 Å². The standard InChI is InChI=1S/C15H18ClNOS/c1-4-17-15(12-9-19-8-10(12)2)11-5-6-14(18-3)13(16)7-11/h5-9,15,17H,4H2,1-3H3. The van der Waals surface area contributed by atoms with E-state index in [1.54, 1.807) is 18.4 Å². The summed E-state index contributed by atoms with van der Waals surface area (Å²) in [5.41, 5.74) is 3.78. The Morgan fingerprint density at radius 3 is 2.68 bits per heavy atom. The topological polar surface area (TPSA) is 21.3 Å². The van der Waals surface area contributed by atoms with Crippen LogP contribution < -0.4 is 10.1 Å². The third-order valence-electron chi connectivity index (χ3n) is 3.12. The third kappa shape index (κ3) is 3.11. The molecule has 2 nitrogen and oxygen atoms in total. The van der Waals surface area contributed by atoms with Crippen LogP contribution in [0.3, 0.4) is 0 Å². The van der Waals surface area contributed by atoms with Crippen LogP contribution in [0.1, 0.15) is 29.7 Å². The van der Waals surface area contributed by atoms with Crippen molar-refractivity contribution < 1.29 is 4.74 Å². The Morgan fingerprint density at radius 1 is 1.37 bits per heavy atom. The molecule has 102 valence electrons. The summed E-state index contributed by atoms with van der Waals surface area (Å²) in [6.07, 6.45) is 0. The summed E-state index contributed by atoms with van der Waals surface area (Å²) in [7, 11) is 1.63. The minimum atomic E-state index is 0.180. The first-order valence-electron chi connectivity index (χ1n) is 6.26. The number of aryl methyl sites for hydroxylation is 1. The molecule has 0 aliphatic carbocycles. The predicted molar refractivity (Wildman–Crippen MR) is 82.6 cm³/mol. The summed E-state index contributed by atoms with van der Waals surface area (Å²) in [5, 5.41) is 8.53. The number of hydrogen-bond donors (Lipinski definition) is 1. The molecule has 1 heterocycles. The largest absolute Gasteiger partial charge is 0.495 e. The second-order valence-corrected chi connectivity index (χ2v) is 5.55. The Balaban J connectivity index is 2.39. The first-order valence-corrected chi connectivity index (χ1v) is 7.59. The Labute approximate surface area is 123 Å². The van der Waals surface area contributed by atoms with Crippen LogP contribution in [0.25, 0.3) is 0 Å². The van der Waals surface area contributed by atoms with Crippen molar-refractivity contribution >= 4 is 22.9 Å². The lowest BCUT2D eigenvalue weighted by Gasteiger charge is -2.19. The van der Waals surface area contributed by atoms with E-state index in [2.05, 4.69) is 36.0 Å². The molecule has 1 aromatic carbocycles. The third-order valence-corrected chi connectivity index (χ3v) is 4.30. The smallest absolute Gasteiger partial charge is 0.137 e. The molecule has 0 radical (unpaired) electrons. The number of methoxy groups -OCH3 is 1. The maximum atomic E-state index is 6.22. The summed E-state index contributed by atoms with van der Waals surface area (Å²) >= 11 is 7.95. The monoisotopic (exact) mass is 295 g/mol. The van der Waals surface area contributed by atoms with Gasteiger partial charge < -0.3 is 10.1 Å². The van der Waals surface area contributed by atoms with E-state index in [4.69, 9.17) is 16.3 Å². The van der Waals surface area contributed by atoms with Crippen molar-refractivity contribution in [3.05, 3.63) is 50.7 Å². The Bertz CT molecular complexity index is 553. The molecule has 0 amide bonds. The number of nitrogens with one attached hydrogen (secondary N) is 1. The maximum absolute atomic E-state index is 6.22. The molecule has 0 bridgehead atoms. The summed E-state index contributed by atoms with van der Waals surface area (Å²) in [6.45, 7) is 5.16. The Kier molecular flexibility index (Phi) is 4.86. The molecule has 1 aromatic heterocycles. The molecule has 0 aliphatic rings. The molecule has 1 atom stereocenters. The second-order valence-electron chi connectivity index (χ2n) is 4.39. The van der Waals surface area contributed by atoms with Gasteiger partial charge in [0.05, 0.1) is 18.2 Å². The zero-order chi connectivity index (χ0) is 13.8. The molecule has 2 aromatic rings. The first kappa shape index (κ1) is 14.4. The predicted octanol–water partition coefficient (Wildman–Crippen LogP) is 4.42. The number of benzene rings is 1. The molecule has 0 saturated heterocycles. The number of hydrogen-bond acceptors (Lipinski definition) is 3. The van der Waals surface area contributed by atoms with Gasteiger partial charge in [0.1, 0.15) is 5.75 Å². The van der Waals surface area contributed by atoms with Gasteiger partial charge in [0.2, 0.25) is 0 Å². The summed E-state index contributed by atoms with van der Waals surface area (Å²) in [5.74, 6) is 0.711. The van der Waals surface area contributed by atoms with E-state index >= 15 is 0 Å². The number of rotatable bonds is 5. The summed E-state index contributed by atoms with van der Waals surface area (Å²) in [6, 6.07) is 6.14. The highest BCUT2D eigenvalue weighted by Gasteiger charge is 2.17. The van der Waals surface area contributed by atoms with Crippen molar-refractivity contribution in [2.45, 2.75) is 19.9 Å². The lowest BCUT2D eigenvalue weighted by molar-refractivity contribution is 0.414. The summed E-state index contributed by atoms with van der Waals surface area (Å²) in [4.78, 5) is 0. The van der Waals surface area contributed by atoms with Gasteiger partial charge in [-0.1, -0.05) is 24.6 Å². The van der Waals surface area contributed by atoms with Crippen LogP contribution in [0.2, 0.25) is 5.02 Å². The van der Waals surface area contributed by atoms with Crippen LogP contribution in [0.4, 0.5) is 0 Å². The SMILES string of the molecule is CCNC(c1ccc(OC)c(Cl)c1)c1cscc1C. The maximum Gasteiger partial charge on any atom is 0.137 e. The Hall–Kier alpha value is -1.03. The van der Waals surface area contributed by atoms with Crippen LogP contribution in [-0.2, 0) is 0 Å². The molecule has 0 spiro atoms. The number of ether oxygens (including phenoxy) is 1.